The molecule has 1 aromatic rings. The van der Waals surface area contributed by atoms with Gasteiger partial charge in [-0.2, -0.15) is 0 Å². The standard InChI is InChI=1S/C11H19N5O/c1-7(2)9-6-8(3)15-11(16-9)14-5-4-13-10(12)17/h6-7H,4-5H2,1-3H3,(H3,12,13,17)(H,14,15,16). The number of nitrogens with one attached hydrogen (secondary N) is 2. The van der Waals surface area contributed by atoms with E-state index in [-0.39, 0.29) is 0 Å². The molecule has 0 bridgehead atoms. The van der Waals surface area contributed by atoms with Gasteiger partial charge in [0.15, 0.2) is 0 Å². The lowest BCUT2D eigenvalue weighted by atomic mass is 10.1. The molecule has 0 saturated carbocycles. The van der Waals surface area contributed by atoms with Gasteiger partial charge in [-0.3, -0.25) is 0 Å². The summed E-state index contributed by atoms with van der Waals surface area (Å²) >= 11 is 0. The number of rotatable bonds is 5. The fourth-order valence-electron chi connectivity index (χ4n) is 1.33. The maximum absolute atomic E-state index is 10.5. The summed E-state index contributed by atoms with van der Waals surface area (Å²) in [6, 6.07) is 1.44. The molecule has 1 aromatic heterocycles. The monoisotopic (exact) mass is 237 g/mol. The summed E-state index contributed by atoms with van der Waals surface area (Å²) < 4.78 is 0. The summed E-state index contributed by atoms with van der Waals surface area (Å²) in [5.74, 6) is 0.945. The highest BCUT2D eigenvalue weighted by molar-refractivity contribution is 5.71. The average molecular weight is 237 g/mol. The van der Waals surface area contributed by atoms with E-state index in [2.05, 4.69) is 34.4 Å². The van der Waals surface area contributed by atoms with Gasteiger partial charge in [-0.1, -0.05) is 13.8 Å². The molecule has 0 aromatic carbocycles. The minimum Gasteiger partial charge on any atom is -0.352 e. The minimum absolute atomic E-state index is 0.362. The predicted molar refractivity (Wildman–Crippen MR) is 66.9 cm³/mol. The lowest BCUT2D eigenvalue weighted by Gasteiger charge is -2.10. The van der Waals surface area contributed by atoms with Crippen molar-refractivity contribution in [3.63, 3.8) is 0 Å². The molecule has 0 spiro atoms. The number of primary amides is 1. The summed E-state index contributed by atoms with van der Waals surface area (Å²) in [5, 5.41) is 5.53. The highest BCUT2D eigenvalue weighted by Gasteiger charge is 2.05. The number of carbonyl (C=O) groups is 1. The van der Waals surface area contributed by atoms with Crippen LogP contribution in [0.2, 0.25) is 0 Å². The molecule has 17 heavy (non-hydrogen) atoms. The van der Waals surface area contributed by atoms with Crippen molar-refractivity contribution in [1.29, 1.82) is 0 Å². The van der Waals surface area contributed by atoms with E-state index in [1.165, 1.54) is 0 Å². The number of nitrogens with two attached hydrogens (primary N) is 1. The van der Waals surface area contributed by atoms with Crippen LogP contribution in [0.5, 0.6) is 0 Å². The second kappa shape index (κ2) is 6.03. The maximum atomic E-state index is 10.5. The predicted octanol–water partition coefficient (Wildman–Crippen LogP) is 0.989. The van der Waals surface area contributed by atoms with E-state index in [1.54, 1.807) is 0 Å². The lowest BCUT2D eigenvalue weighted by molar-refractivity contribution is 0.249. The zero-order chi connectivity index (χ0) is 12.8. The molecule has 1 rings (SSSR count). The smallest absolute Gasteiger partial charge is 0.312 e. The van der Waals surface area contributed by atoms with Crippen LogP contribution in [0.15, 0.2) is 6.07 Å². The summed E-state index contributed by atoms with van der Waals surface area (Å²) in [6.45, 7) is 7.09. The van der Waals surface area contributed by atoms with Crippen LogP contribution in [0, 0.1) is 6.92 Å². The van der Waals surface area contributed by atoms with Gasteiger partial charge in [0.2, 0.25) is 5.95 Å². The molecule has 0 saturated heterocycles. The van der Waals surface area contributed by atoms with Gasteiger partial charge in [-0.15, -0.1) is 0 Å². The number of carbonyl (C=O) groups excluding carboxylic acids is 1. The van der Waals surface area contributed by atoms with Crippen molar-refractivity contribution in [2.75, 3.05) is 18.4 Å². The number of anilines is 1. The highest BCUT2D eigenvalue weighted by Crippen LogP contribution is 2.13. The van der Waals surface area contributed by atoms with Crippen molar-refractivity contribution < 1.29 is 4.79 Å². The molecule has 94 valence electrons. The van der Waals surface area contributed by atoms with Crippen molar-refractivity contribution in [3.8, 4) is 0 Å². The Bertz CT molecular complexity index is 391. The molecular weight excluding hydrogens is 218 g/mol. The topological polar surface area (TPSA) is 92.9 Å². The third kappa shape index (κ3) is 4.67. The Morgan fingerprint density at radius 3 is 2.71 bits per heavy atom. The van der Waals surface area contributed by atoms with Gasteiger partial charge in [-0.05, 0) is 18.9 Å². The minimum atomic E-state index is -0.528. The largest absolute Gasteiger partial charge is 0.352 e. The fraction of sp³-hybridized carbons (Fsp3) is 0.545. The Labute approximate surface area is 101 Å². The van der Waals surface area contributed by atoms with Crippen molar-refractivity contribution in [2.24, 2.45) is 5.73 Å². The summed E-state index contributed by atoms with van der Waals surface area (Å²) in [4.78, 5) is 19.1. The molecule has 0 unspecified atom stereocenters. The molecule has 2 amide bonds. The number of amides is 2. The summed E-state index contributed by atoms with van der Waals surface area (Å²) in [6.07, 6.45) is 0. The quantitative estimate of drug-likeness (QED) is 0.666. The van der Waals surface area contributed by atoms with E-state index in [4.69, 9.17) is 5.73 Å². The van der Waals surface area contributed by atoms with Crippen molar-refractivity contribution in [2.45, 2.75) is 26.7 Å². The molecular formula is C11H19N5O. The van der Waals surface area contributed by atoms with Crippen LogP contribution in [0.25, 0.3) is 0 Å². The van der Waals surface area contributed by atoms with E-state index in [0.717, 1.165) is 11.4 Å². The summed E-state index contributed by atoms with van der Waals surface area (Å²) in [7, 11) is 0. The van der Waals surface area contributed by atoms with Gasteiger partial charge >= 0.3 is 6.03 Å². The van der Waals surface area contributed by atoms with Gasteiger partial charge in [-0.25, -0.2) is 14.8 Å². The van der Waals surface area contributed by atoms with Gasteiger partial charge in [0, 0.05) is 24.5 Å². The molecule has 6 nitrogen and oxygen atoms in total. The Hall–Kier alpha value is -1.85. The number of aromatic nitrogens is 2. The van der Waals surface area contributed by atoms with E-state index < -0.39 is 6.03 Å². The first kappa shape index (κ1) is 13.2. The van der Waals surface area contributed by atoms with Gasteiger partial charge in [0.1, 0.15) is 0 Å². The van der Waals surface area contributed by atoms with E-state index in [1.807, 2.05) is 13.0 Å². The normalized spacial score (nSPS) is 10.4. The van der Waals surface area contributed by atoms with Crippen molar-refractivity contribution in [1.82, 2.24) is 15.3 Å². The van der Waals surface area contributed by atoms with Crippen LogP contribution in [0.3, 0.4) is 0 Å². The molecule has 1 heterocycles. The molecule has 0 fully saturated rings. The van der Waals surface area contributed by atoms with Crippen LogP contribution >= 0.6 is 0 Å². The van der Waals surface area contributed by atoms with Gasteiger partial charge in [0.25, 0.3) is 0 Å². The van der Waals surface area contributed by atoms with Crippen LogP contribution in [0.1, 0.15) is 31.2 Å². The second-order valence-electron chi connectivity index (χ2n) is 4.13. The number of hydrogen-bond donors (Lipinski definition) is 3. The molecule has 0 atom stereocenters. The molecule has 0 aliphatic heterocycles. The maximum Gasteiger partial charge on any atom is 0.312 e. The van der Waals surface area contributed by atoms with Gasteiger partial charge in [0.05, 0.1) is 0 Å². The summed E-state index contributed by atoms with van der Waals surface area (Å²) in [5.41, 5.74) is 6.88. The Balaban J connectivity index is 2.55. The molecule has 4 N–H and O–H groups in total. The van der Waals surface area contributed by atoms with Crippen molar-refractivity contribution >= 4 is 12.0 Å². The zero-order valence-electron chi connectivity index (χ0n) is 10.4. The number of nitrogens with zero attached hydrogens (tertiary/aromatic N) is 2. The van der Waals surface area contributed by atoms with Crippen LogP contribution < -0.4 is 16.4 Å². The number of urea groups is 1. The first-order valence-electron chi connectivity index (χ1n) is 5.62. The second-order valence-corrected chi connectivity index (χ2v) is 4.13. The number of aryl methyl sites for hydroxylation is 1. The third-order valence-corrected chi connectivity index (χ3v) is 2.17. The molecule has 0 aliphatic carbocycles. The molecule has 6 heteroatoms. The van der Waals surface area contributed by atoms with E-state index >= 15 is 0 Å². The highest BCUT2D eigenvalue weighted by atomic mass is 16.2. The SMILES string of the molecule is Cc1cc(C(C)C)nc(NCCNC(N)=O)n1. The van der Waals surface area contributed by atoms with Gasteiger partial charge < -0.3 is 16.4 Å². The molecule has 0 aliphatic rings. The van der Waals surface area contributed by atoms with E-state index in [0.29, 0.717) is 25.0 Å². The third-order valence-electron chi connectivity index (χ3n) is 2.17. The fourth-order valence-corrected chi connectivity index (χ4v) is 1.33. The van der Waals surface area contributed by atoms with Crippen LogP contribution in [0.4, 0.5) is 10.7 Å². The first-order valence-corrected chi connectivity index (χ1v) is 5.62. The number of hydrogen-bond acceptors (Lipinski definition) is 4. The zero-order valence-corrected chi connectivity index (χ0v) is 10.4. The Kier molecular flexibility index (Phi) is 4.68. The van der Waals surface area contributed by atoms with Crippen LogP contribution in [-0.2, 0) is 0 Å². The first-order chi connectivity index (χ1) is 7.99. The Morgan fingerprint density at radius 2 is 2.12 bits per heavy atom. The molecule has 0 radical (unpaired) electrons. The van der Waals surface area contributed by atoms with E-state index in [9.17, 15) is 4.79 Å². The average Bonchev–Trinajstić information content (AvgIpc) is 2.23. The van der Waals surface area contributed by atoms with Crippen LogP contribution in [-0.4, -0.2) is 29.1 Å². The lowest BCUT2D eigenvalue weighted by Crippen LogP contribution is -2.33. The Morgan fingerprint density at radius 1 is 1.41 bits per heavy atom. The van der Waals surface area contributed by atoms with Crippen molar-refractivity contribution in [3.05, 3.63) is 17.5 Å².